The van der Waals surface area contributed by atoms with Gasteiger partial charge < -0.3 is 14.7 Å². The fourth-order valence-corrected chi connectivity index (χ4v) is 1.88. The summed E-state index contributed by atoms with van der Waals surface area (Å²) in [6, 6.07) is 4.21. The molecule has 110 valence electrons. The van der Waals surface area contributed by atoms with E-state index in [4.69, 9.17) is 9.84 Å². The van der Waals surface area contributed by atoms with E-state index in [1.807, 2.05) is 6.92 Å². The molecule has 0 saturated carbocycles. The number of hydrogen-bond acceptors (Lipinski definition) is 3. The SMILES string of the molecule is CCCN(CC(=O)O)C(=O)COc1ccc(Br)cc1F. The van der Waals surface area contributed by atoms with Gasteiger partial charge in [-0.2, -0.15) is 0 Å². The number of rotatable bonds is 7. The summed E-state index contributed by atoms with van der Waals surface area (Å²) in [4.78, 5) is 23.6. The van der Waals surface area contributed by atoms with Crippen molar-refractivity contribution >= 4 is 27.8 Å². The third-order valence-electron chi connectivity index (χ3n) is 2.42. The van der Waals surface area contributed by atoms with Crippen LogP contribution in [-0.2, 0) is 9.59 Å². The van der Waals surface area contributed by atoms with Crippen LogP contribution in [0.5, 0.6) is 5.75 Å². The fraction of sp³-hybridized carbons (Fsp3) is 0.385. The number of carboxylic acids is 1. The molecule has 1 rings (SSSR count). The van der Waals surface area contributed by atoms with Crippen LogP contribution in [0.2, 0.25) is 0 Å². The summed E-state index contributed by atoms with van der Waals surface area (Å²) in [6.07, 6.45) is 0.631. The van der Waals surface area contributed by atoms with Crippen LogP contribution in [0.1, 0.15) is 13.3 Å². The smallest absolute Gasteiger partial charge is 0.323 e. The first-order chi connectivity index (χ1) is 9.43. The van der Waals surface area contributed by atoms with E-state index in [1.54, 1.807) is 6.07 Å². The fourth-order valence-electron chi connectivity index (χ4n) is 1.55. The standard InChI is InChI=1S/C13H15BrFNO4/c1-2-5-16(7-13(18)19)12(17)8-20-11-4-3-9(14)6-10(11)15/h3-4,6H,2,5,7-8H2,1H3,(H,18,19). The summed E-state index contributed by atoms with van der Waals surface area (Å²) in [6.45, 7) is 1.36. The molecule has 0 unspecified atom stereocenters. The quantitative estimate of drug-likeness (QED) is 0.821. The van der Waals surface area contributed by atoms with Crippen LogP contribution in [0, 0.1) is 5.82 Å². The number of carbonyl (C=O) groups is 2. The van der Waals surface area contributed by atoms with Gasteiger partial charge in [-0.05, 0) is 24.6 Å². The molecule has 20 heavy (non-hydrogen) atoms. The molecule has 1 aromatic carbocycles. The van der Waals surface area contributed by atoms with Crippen LogP contribution in [0.3, 0.4) is 0 Å². The number of hydrogen-bond donors (Lipinski definition) is 1. The molecule has 0 atom stereocenters. The summed E-state index contributed by atoms with van der Waals surface area (Å²) >= 11 is 3.11. The van der Waals surface area contributed by atoms with Gasteiger partial charge in [0, 0.05) is 11.0 Å². The maximum Gasteiger partial charge on any atom is 0.323 e. The summed E-state index contributed by atoms with van der Waals surface area (Å²) in [5.41, 5.74) is 0. The van der Waals surface area contributed by atoms with Gasteiger partial charge in [0.1, 0.15) is 6.54 Å². The lowest BCUT2D eigenvalue weighted by Crippen LogP contribution is -2.39. The highest BCUT2D eigenvalue weighted by atomic mass is 79.9. The van der Waals surface area contributed by atoms with E-state index in [0.717, 1.165) is 0 Å². The van der Waals surface area contributed by atoms with Crippen molar-refractivity contribution in [2.45, 2.75) is 13.3 Å². The third kappa shape index (κ3) is 5.16. The first-order valence-electron chi connectivity index (χ1n) is 6.01. The zero-order chi connectivity index (χ0) is 15.1. The third-order valence-corrected chi connectivity index (χ3v) is 2.91. The van der Waals surface area contributed by atoms with Gasteiger partial charge in [-0.3, -0.25) is 9.59 Å². The van der Waals surface area contributed by atoms with E-state index < -0.39 is 30.8 Å². The predicted molar refractivity (Wildman–Crippen MR) is 74.1 cm³/mol. The average Bonchev–Trinajstić information content (AvgIpc) is 2.36. The maximum absolute atomic E-state index is 13.5. The molecule has 7 heteroatoms. The number of nitrogens with zero attached hydrogens (tertiary/aromatic N) is 1. The Labute approximate surface area is 124 Å². The maximum atomic E-state index is 13.5. The molecule has 0 heterocycles. The van der Waals surface area contributed by atoms with Gasteiger partial charge in [0.15, 0.2) is 18.2 Å². The Balaban J connectivity index is 2.62. The molecule has 0 aliphatic carbocycles. The van der Waals surface area contributed by atoms with E-state index in [1.165, 1.54) is 17.0 Å². The number of carboxylic acid groups (broad SMARTS) is 1. The predicted octanol–water partition coefficient (Wildman–Crippen LogP) is 2.29. The van der Waals surface area contributed by atoms with Gasteiger partial charge in [-0.25, -0.2) is 4.39 Å². The van der Waals surface area contributed by atoms with E-state index in [9.17, 15) is 14.0 Å². The molecule has 0 aliphatic rings. The molecule has 5 nitrogen and oxygen atoms in total. The van der Waals surface area contributed by atoms with Crippen LogP contribution in [0.25, 0.3) is 0 Å². The summed E-state index contributed by atoms with van der Waals surface area (Å²) in [5.74, 6) is -2.22. The minimum absolute atomic E-state index is 0.0478. The Morgan fingerprint density at radius 3 is 2.70 bits per heavy atom. The second kappa shape index (κ2) is 7.84. The first kappa shape index (κ1) is 16.4. The van der Waals surface area contributed by atoms with Crippen molar-refractivity contribution in [3.05, 3.63) is 28.5 Å². The molecular formula is C13H15BrFNO4. The topological polar surface area (TPSA) is 66.8 Å². The molecule has 0 fully saturated rings. The molecule has 0 aromatic heterocycles. The van der Waals surface area contributed by atoms with Crippen LogP contribution in [-0.4, -0.2) is 41.6 Å². The lowest BCUT2D eigenvalue weighted by molar-refractivity contribution is -0.145. The second-order valence-electron chi connectivity index (χ2n) is 4.07. The molecule has 0 bridgehead atoms. The Hall–Kier alpha value is -1.63. The number of benzene rings is 1. The monoisotopic (exact) mass is 347 g/mol. The molecule has 1 aromatic rings. The summed E-state index contributed by atoms with van der Waals surface area (Å²) in [5, 5.41) is 8.72. The minimum atomic E-state index is -1.10. The zero-order valence-corrected chi connectivity index (χ0v) is 12.5. The average molecular weight is 348 g/mol. The minimum Gasteiger partial charge on any atom is -0.481 e. The van der Waals surface area contributed by atoms with E-state index in [0.29, 0.717) is 17.4 Å². The molecule has 1 N–H and O–H groups in total. The van der Waals surface area contributed by atoms with Crippen LogP contribution in [0.15, 0.2) is 22.7 Å². The normalized spacial score (nSPS) is 10.2. The van der Waals surface area contributed by atoms with Crippen molar-refractivity contribution in [2.24, 2.45) is 0 Å². The highest BCUT2D eigenvalue weighted by molar-refractivity contribution is 9.10. The number of ether oxygens (including phenoxy) is 1. The Morgan fingerprint density at radius 1 is 1.45 bits per heavy atom. The van der Waals surface area contributed by atoms with Crippen molar-refractivity contribution < 1.29 is 23.8 Å². The second-order valence-corrected chi connectivity index (χ2v) is 4.99. The van der Waals surface area contributed by atoms with Crippen LogP contribution in [0.4, 0.5) is 4.39 Å². The van der Waals surface area contributed by atoms with Crippen molar-refractivity contribution in [3.8, 4) is 5.75 Å². The van der Waals surface area contributed by atoms with Gasteiger partial charge in [0.25, 0.3) is 5.91 Å². The lowest BCUT2D eigenvalue weighted by Gasteiger charge is -2.20. The Bertz CT molecular complexity index is 495. The molecule has 0 saturated heterocycles. The van der Waals surface area contributed by atoms with E-state index >= 15 is 0 Å². The van der Waals surface area contributed by atoms with Crippen LogP contribution < -0.4 is 4.74 Å². The molecule has 0 aliphatic heterocycles. The van der Waals surface area contributed by atoms with Crippen molar-refractivity contribution in [1.29, 1.82) is 0 Å². The largest absolute Gasteiger partial charge is 0.481 e. The van der Waals surface area contributed by atoms with Gasteiger partial charge >= 0.3 is 5.97 Å². The number of aliphatic carboxylic acids is 1. The highest BCUT2D eigenvalue weighted by Crippen LogP contribution is 2.21. The summed E-state index contributed by atoms with van der Waals surface area (Å²) in [7, 11) is 0. The number of carbonyl (C=O) groups excluding carboxylic acids is 1. The van der Waals surface area contributed by atoms with Crippen molar-refractivity contribution in [1.82, 2.24) is 4.90 Å². The molecule has 1 amide bonds. The number of amides is 1. The molecule has 0 spiro atoms. The van der Waals surface area contributed by atoms with Crippen molar-refractivity contribution in [3.63, 3.8) is 0 Å². The van der Waals surface area contributed by atoms with E-state index in [-0.39, 0.29) is 5.75 Å². The Morgan fingerprint density at radius 2 is 2.15 bits per heavy atom. The lowest BCUT2D eigenvalue weighted by atomic mass is 10.3. The van der Waals surface area contributed by atoms with Gasteiger partial charge in [-0.1, -0.05) is 22.9 Å². The van der Waals surface area contributed by atoms with Gasteiger partial charge in [-0.15, -0.1) is 0 Å². The Kier molecular flexibility index (Phi) is 6.44. The zero-order valence-electron chi connectivity index (χ0n) is 10.9. The van der Waals surface area contributed by atoms with Crippen LogP contribution >= 0.6 is 15.9 Å². The highest BCUT2D eigenvalue weighted by Gasteiger charge is 2.17. The van der Waals surface area contributed by atoms with Crippen molar-refractivity contribution in [2.75, 3.05) is 19.7 Å². The first-order valence-corrected chi connectivity index (χ1v) is 6.80. The molecular weight excluding hydrogens is 333 g/mol. The van der Waals surface area contributed by atoms with Gasteiger partial charge in [0.05, 0.1) is 0 Å². The number of halogens is 2. The van der Waals surface area contributed by atoms with Gasteiger partial charge in [0.2, 0.25) is 0 Å². The summed E-state index contributed by atoms with van der Waals surface area (Å²) < 4.78 is 19.1. The molecule has 0 radical (unpaired) electrons. The van der Waals surface area contributed by atoms with E-state index in [2.05, 4.69) is 15.9 Å².